The van der Waals surface area contributed by atoms with E-state index >= 15 is 0 Å². The van der Waals surface area contributed by atoms with Gasteiger partial charge in [-0.2, -0.15) is 0 Å². The predicted molar refractivity (Wildman–Crippen MR) is 70.3 cm³/mol. The molecule has 1 atom stereocenters. The van der Waals surface area contributed by atoms with Crippen molar-refractivity contribution < 1.29 is 19.0 Å². The van der Waals surface area contributed by atoms with Crippen LogP contribution in [0.5, 0.6) is 0 Å². The molecule has 1 unspecified atom stereocenters. The molecule has 4 nitrogen and oxygen atoms in total. The molecule has 0 radical (unpaired) electrons. The molecule has 0 N–H and O–H groups in total. The molecule has 1 heterocycles. The van der Waals surface area contributed by atoms with Crippen LogP contribution in [0, 0.1) is 0 Å². The van der Waals surface area contributed by atoms with Crippen molar-refractivity contribution in [2.24, 2.45) is 0 Å². The maximum Gasteiger partial charge on any atom is 0.373 e. The number of carbonyl (C=O) groups is 1. The van der Waals surface area contributed by atoms with Crippen LogP contribution in [0.4, 0.5) is 0 Å². The minimum Gasteiger partial charge on any atom is -0.481 e. The summed E-state index contributed by atoms with van der Waals surface area (Å²) in [5.74, 6) is -0.471. The van der Waals surface area contributed by atoms with E-state index in [1.165, 1.54) is 0 Å². The average Bonchev–Trinajstić information content (AvgIpc) is 2.47. The standard InChI is InChI=1S/C15H18O4/c1-12(19-14-8-5-9-17-11-14)15(16)18-10-13-6-3-2-4-7-13/h2-4,6-7,14H,1,5,8-11H2. The fourth-order valence-corrected chi connectivity index (χ4v) is 1.86. The number of carbonyl (C=O) groups excluding carboxylic acids is 1. The largest absolute Gasteiger partial charge is 0.481 e. The van der Waals surface area contributed by atoms with Crippen molar-refractivity contribution in [2.75, 3.05) is 13.2 Å². The second kappa shape index (κ2) is 6.95. The van der Waals surface area contributed by atoms with E-state index in [2.05, 4.69) is 6.58 Å². The van der Waals surface area contributed by atoms with Crippen molar-refractivity contribution in [3.63, 3.8) is 0 Å². The highest BCUT2D eigenvalue weighted by molar-refractivity contribution is 5.85. The Balaban J connectivity index is 1.74. The number of benzene rings is 1. The van der Waals surface area contributed by atoms with Crippen LogP contribution in [0.25, 0.3) is 0 Å². The Labute approximate surface area is 113 Å². The van der Waals surface area contributed by atoms with E-state index in [4.69, 9.17) is 14.2 Å². The molecule has 1 aliphatic rings. The summed E-state index contributed by atoms with van der Waals surface area (Å²) in [5.41, 5.74) is 0.935. The first kappa shape index (κ1) is 13.6. The molecule has 1 aliphatic heterocycles. The third-order valence-electron chi connectivity index (χ3n) is 2.87. The van der Waals surface area contributed by atoms with Gasteiger partial charge in [0.2, 0.25) is 0 Å². The Hall–Kier alpha value is -1.81. The predicted octanol–water partition coefficient (Wildman–Crippen LogP) is 2.44. The monoisotopic (exact) mass is 262 g/mol. The van der Waals surface area contributed by atoms with Crippen LogP contribution < -0.4 is 0 Å². The van der Waals surface area contributed by atoms with E-state index < -0.39 is 5.97 Å². The number of ether oxygens (including phenoxy) is 3. The van der Waals surface area contributed by atoms with Gasteiger partial charge >= 0.3 is 5.97 Å². The summed E-state index contributed by atoms with van der Waals surface area (Å²) in [6.07, 6.45) is 1.73. The second-order valence-electron chi connectivity index (χ2n) is 4.44. The summed E-state index contributed by atoms with van der Waals surface area (Å²) in [6, 6.07) is 9.50. The van der Waals surface area contributed by atoms with Gasteiger partial charge in [0, 0.05) is 6.61 Å². The molecule has 0 amide bonds. The molecule has 19 heavy (non-hydrogen) atoms. The van der Waals surface area contributed by atoms with E-state index in [1.54, 1.807) is 0 Å². The Kier molecular flexibility index (Phi) is 4.98. The fourth-order valence-electron chi connectivity index (χ4n) is 1.86. The van der Waals surface area contributed by atoms with E-state index in [9.17, 15) is 4.79 Å². The third-order valence-corrected chi connectivity index (χ3v) is 2.87. The maximum atomic E-state index is 11.7. The zero-order valence-corrected chi connectivity index (χ0v) is 10.8. The van der Waals surface area contributed by atoms with Crippen molar-refractivity contribution in [1.29, 1.82) is 0 Å². The van der Waals surface area contributed by atoms with Crippen molar-refractivity contribution in [3.8, 4) is 0 Å². The first-order chi connectivity index (χ1) is 9.25. The van der Waals surface area contributed by atoms with E-state index in [0.717, 1.165) is 25.0 Å². The molecule has 2 rings (SSSR count). The second-order valence-corrected chi connectivity index (χ2v) is 4.44. The molecular formula is C15H18O4. The SMILES string of the molecule is C=C(OC1CCCOC1)C(=O)OCc1ccccc1. The van der Waals surface area contributed by atoms with Crippen LogP contribution in [-0.4, -0.2) is 25.3 Å². The van der Waals surface area contributed by atoms with Crippen LogP contribution in [0.2, 0.25) is 0 Å². The first-order valence-corrected chi connectivity index (χ1v) is 6.40. The van der Waals surface area contributed by atoms with Gasteiger partial charge in [-0.1, -0.05) is 30.3 Å². The fraction of sp³-hybridized carbons (Fsp3) is 0.400. The molecule has 4 heteroatoms. The molecular weight excluding hydrogens is 244 g/mol. The first-order valence-electron chi connectivity index (χ1n) is 6.40. The van der Waals surface area contributed by atoms with Gasteiger partial charge < -0.3 is 14.2 Å². The van der Waals surface area contributed by atoms with Crippen molar-refractivity contribution in [1.82, 2.24) is 0 Å². The van der Waals surface area contributed by atoms with Crippen molar-refractivity contribution >= 4 is 5.97 Å². The average molecular weight is 262 g/mol. The summed E-state index contributed by atoms with van der Waals surface area (Å²) >= 11 is 0. The van der Waals surface area contributed by atoms with Gasteiger partial charge in [0.25, 0.3) is 0 Å². The minimum absolute atomic E-state index is 0.0476. The molecule has 1 fully saturated rings. The molecule has 0 aliphatic carbocycles. The maximum absolute atomic E-state index is 11.7. The van der Waals surface area contributed by atoms with Crippen molar-refractivity contribution in [2.45, 2.75) is 25.6 Å². The molecule has 102 valence electrons. The molecule has 1 aromatic rings. The lowest BCUT2D eigenvalue weighted by Crippen LogP contribution is -2.27. The minimum atomic E-state index is -0.519. The normalized spacial score (nSPS) is 18.6. The Morgan fingerprint density at radius 1 is 1.37 bits per heavy atom. The quantitative estimate of drug-likeness (QED) is 0.464. The van der Waals surface area contributed by atoms with Crippen molar-refractivity contribution in [3.05, 3.63) is 48.2 Å². The lowest BCUT2D eigenvalue weighted by molar-refractivity contribution is -0.146. The molecule has 0 bridgehead atoms. The van der Waals surface area contributed by atoms with Crippen LogP contribution >= 0.6 is 0 Å². The van der Waals surface area contributed by atoms with E-state index in [0.29, 0.717) is 6.61 Å². The Bertz CT molecular complexity index is 421. The van der Waals surface area contributed by atoms with Crippen LogP contribution in [0.3, 0.4) is 0 Å². The van der Waals surface area contributed by atoms with E-state index in [-0.39, 0.29) is 18.5 Å². The number of hydrogen-bond acceptors (Lipinski definition) is 4. The Morgan fingerprint density at radius 3 is 2.84 bits per heavy atom. The van der Waals surface area contributed by atoms with Crippen LogP contribution in [0.15, 0.2) is 42.7 Å². The summed E-state index contributed by atoms with van der Waals surface area (Å²) in [7, 11) is 0. The molecule has 1 saturated heterocycles. The zero-order valence-electron chi connectivity index (χ0n) is 10.8. The van der Waals surface area contributed by atoms with Gasteiger partial charge in [0.15, 0.2) is 5.76 Å². The van der Waals surface area contributed by atoms with Gasteiger partial charge in [-0.15, -0.1) is 0 Å². The Morgan fingerprint density at radius 2 is 2.16 bits per heavy atom. The highest BCUT2D eigenvalue weighted by Crippen LogP contribution is 2.14. The smallest absolute Gasteiger partial charge is 0.373 e. The summed E-state index contributed by atoms with van der Waals surface area (Å²) < 4.78 is 15.8. The van der Waals surface area contributed by atoms with E-state index in [1.807, 2.05) is 30.3 Å². The molecule has 0 aromatic heterocycles. The molecule has 1 aromatic carbocycles. The number of hydrogen-bond donors (Lipinski definition) is 0. The number of rotatable bonds is 5. The third kappa shape index (κ3) is 4.41. The topological polar surface area (TPSA) is 44.8 Å². The van der Waals surface area contributed by atoms with Gasteiger partial charge in [0.05, 0.1) is 6.61 Å². The zero-order chi connectivity index (χ0) is 13.5. The highest BCUT2D eigenvalue weighted by Gasteiger charge is 2.19. The highest BCUT2D eigenvalue weighted by atomic mass is 16.6. The molecule has 0 spiro atoms. The summed E-state index contributed by atoms with van der Waals surface area (Å²) in [6.45, 7) is 5.09. The van der Waals surface area contributed by atoms with Gasteiger partial charge in [-0.05, 0) is 25.0 Å². The van der Waals surface area contributed by atoms with Gasteiger partial charge in [0.1, 0.15) is 12.7 Å². The molecule has 0 saturated carbocycles. The summed E-state index contributed by atoms with van der Waals surface area (Å²) in [5, 5.41) is 0. The van der Waals surface area contributed by atoms with Crippen LogP contribution in [0.1, 0.15) is 18.4 Å². The van der Waals surface area contributed by atoms with Gasteiger partial charge in [-0.3, -0.25) is 0 Å². The lowest BCUT2D eigenvalue weighted by atomic mass is 10.2. The summed E-state index contributed by atoms with van der Waals surface area (Å²) in [4.78, 5) is 11.7. The van der Waals surface area contributed by atoms with Gasteiger partial charge in [-0.25, -0.2) is 4.79 Å². The number of esters is 1. The van der Waals surface area contributed by atoms with Crippen LogP contribution in [-0.2, 0) is 25.6 Å². The lowest BCUT2D eigenvalue weighted by Gasteiger charge is -2.23.